The molecule has 0 bridgehead atoms. The lowest BCUT2D eigenvalue weighted by Gasteiger charge is -2.14. The quantitative estimate of drug-likeness (QED) is 0.328. The Morgan fingerprint density at radius 2 is 1.85 bits per heavy atom. The maximum Gasteiger partial charge on any atom is 0.301 e. The third-order valence-corrected chi connectivity index (χ3v) is 5.01. The number of nitro benzene ring substituents is 2. The molecular weight excluding hydrogens is 430 g/mol. The van der Waals surface area contributed by atoms with Gasteiger partial charge in [0.25, 0.3) is 11.2 Å². The Balaban J connectivity index is 2.07. The van der Waals surface area contributed by atoms with Crippen molar-refractivity contribution in [1.82, 2.24) is 4.57 Å². The highest BCUT2D eigenvalue weighted by atomic mass is 16.6. The molecule has 0 saturated carbocycles. The van der Waals surface area contributed by atoms with Crippen molar-refractivity contribution in [2.75, 3.05) is 0 Å². The highest BCUT2D eigenvalue weighted by Gasteiger charge is 2.21. The fourth-order valence-electron chi connectivity index (χ4n) is 3.23. The molecule has 0 atom stereocenters. The number of nitrogens with zero attached hydrogens (tertiary/aromatic N) is 5. The molecular formula is C22H17N5O6. The van der Waals surface area contributed by atoms with E-state index in [0.717, 1.165) is 34.5 Å². The van der Waals surface area contributed by atoms with Gasteiger partial charge in [0.2, 0.25) is 5.88 Å². The van der Waals surface area contributed by atoms with Crippen molar-refractivity contribution in [2.24, 2.45) is 4.99 Å². The van der Waals surface area contributed by atoms with E-state index in [9.17, 15) is 35.4 Å². The number of benzene rings is 2. The van der Waals surface area contributed by atoms with E-state index in [4.69, 9.17) is 0 Å². The molecule has 0 aliphatic heterocycles. The molecule has 0 spiro atoms. The standard InChI is InChI=1S/C22H17N5O6/c1-14-17(12-23)21(28)25(10-9-15-5-3-2-4-6-15)22(29)18(14)13-24-19-8-7-16(26(30)31)11-20(19)27(32)33/h2-8,11,13,29H,9-10H2,1H3. The molecule has 1 aromatic heterocycles. The van der Waals surface area contributed by atoms with Crippen molar-refractivity contribution < 1.29 is 15.0 Å². The third-order valence-electron chi connectivity index (χ3n) is 5.01. The summed E-state index contributed by atoms with van der Waals surface area (Å²) in [6, 6.07) is 14.0. The Kier molecular flexibility index (Phi) is 6.59. The smallest absolute Gasteiger partial charge is 0.301 e. The molecule has 33 heavy (non-hydrogen) atoms. The van der Waals surface area contributed by atoms with Gasteiger partial charge in [-0.1, -0.05) is 30.3 Å². The summed E-state index contributed by atoms with van der Waals surface area (Å²) in [4.78, 5) is 37.4. The zero-order valence-corrected chi connectivity index (χ0v) is 17.3. The number of hydrogen-bond donors (Lipinski definition) is 1. The van der Waals surface area contributed by atoms with Gasteiger partial charge in [-0.15, -0.1) is 0 Å². The largest absolute Gasteiger partial charge is 0.494 e. The molecule has 3 aromatic rings. The molecule has 0 amide bonds. The SMILES string of the molecule is Cc1c(C=Nc2ccc([N+](=O)[O-])cc2[N+](=O)[O-])c(O)n(CCc2ccccc2)c(=O)c1C#N. The average Bonchev–Trinajstić information content (AvgIpc) is 2.79. The summed E-state index contributed by atoms with van der Waals surface area (Å²) in [5.74, 6) is -0.444. The second kappa shape index (κ2) is 9.52. The lowest BCUT2D eigenvalue weighted by molar-refractivity contribution is -0.393. The predicted octanol–water partition coefficient (Wildman–Crippen LogP) is 3.54. The summed E-state index contributed by atoms with van der Waals surface area (Å²) in [6.07, 6.45) is 1.50. The van der Waals surface area contributed by atoms with Crippen molar-refractivity contribution in [3.63, 3.8) is 0 Å². The van der Waals surface area contributed by atoms with Crippen LogP contribution in [0.4, 0.5) is 17.1 Å². The summed E-state index contributed by atoms with van der Waals surface area (Å²) < 4.78 is 1.05. The summed E-state index contributed by atoms with van der Waals surface area (Å²) >= 11 is 0. The molecule has 0 aliphatic rings. The highest BCUT2D eigenvalue weighted by Crippen LogP contribution is 2.31. The van der Waals surface area contributed by atoms with Crippen LogP contribution in [0, 0.1) is 38.5 Å². The van der Waals surface area contributed by atoms with Gasteiger partial charge in [0.1, 0.15) is 17.3 Å². The Hall–Kier alpha value is -4.85. The molecule has 0 unspecified atom stereocenters. The Bertz CT molecular complexity index is 1370. The van der Waals surface area contributed by atoms with Crippen LogP contribution in [-0.4, -0.2) is 25.7 Å². The number of aromatic nitrogens is 1. The Morgan fingerprint density at radius 3 is 2.45 bits per heavy atom. The van der Waals surface area contributed by atoms with Crippen LogP contribution in [0.5, 0.6) is 5.88 Å². The molecule has 1 N–H and O–H groups in total. The zero-order valence-electron chi connectivity index (χ0n) is 17.3. The molecule has 2 aromatic carbocycles. The number of nitriles is 1. The summed E-state index contributed by atoms with van der Waals surface area (Å²) in [5, 5.41) is 42.5. The monoisotopic (exact) mass is 447 g/mol. The number of aliphatic imine (C=N–C) groups is 1. The van der Waals surface area contributed by atoms with E-state index < -0.39 is 32.7 Å². The topological polar surface area (TPSA) is 165 Å². The second-order valence-electron chi connectivity index (χ2n) is 6.99. The van der Waals surface area contributed by atoms with Crippen LogP contribution >= 0.6 is 0 Å². The van der Waals surface area contributed by atoms with Crippen LogP contribution in [0.1, 0.15) is 22.3 Å². The Morgan fingerprint density at radius 1 is 1.15 bits per heavy atom. The lowest BCUT2D eigenvalue weighted by atomic mass is 10.1. The normalized spacial score (nSPS) is 10.8. The van der Waals surface area contributed by atoms with Crippen LogP contribution in [0.2, 0.25) is 0 Å². The molecule has 166 valence electrons. The van der Waals surface area contributed by atoms with E-state index in [1.807, 2.05) is 36.4 Å². The maximum absolute atomic E-state index is 12.7. The van der Waals surface area contributed by atoms with Crippen molar-refractivity contribution >= 4 is 23.3 Å². The van der Waals surface area contributed by atoms with Gasteiger partial charge in [0.05, 0.1) is 21.5 Å². The minimum absolute atomic E-state index is 0.0341. The minimum atomic E-state index is -0.812. The molecule has 0 fully saturated rings. The van der Waals surface area contributed by atoms with E-state index in [0.29, 0.717) is 6.42 Å². The number of aromatic hydroxyl groups is 1. The molecule has 11 nitrogen and oxygen atoms in total. The predicted molar refractivity (Wildman–Crippen MR) is 119 cm³/mol. The first kappa shape index (κ1) is 22.8. The van der Waals surface area contributed by atoms with Crippen LogP contribution in [0.15, 0.2) is 58.3 Å². The van der Waals surface area contributed by atoms with E-state index >= 15 is 0 Å². The average molecular weight is 447 g/mol. The first-order valence-corrected chi connectivity index (χ1v) is 9.62. The fraction of sp³-hybridized carbons (Fsp3) is 0.136. The molecule has 11 heteroatoms. The molecule has 0 saturated heterocycles. The van der Waals surface area contributed by atoms with E-state index in [-0.39, 0.29) is 28.9 Å². The number of nitro groups is 2. The first-order chi connectivity index (χ1) is 15.7. The molecule has 3 rings (SSSR count). The van der Waals surface area contributed by atoms with Gasteiger partial charge >= 0.3 is 5.69 Å². The maximum atomic E-state index is 12.7. The van der Waals surface area contributed by atoms with Crippen molar-refractivity contribution in [1.29, 1.82) is 5.26 Å². The van der Waals surface area contributed by atoms with Crippen LogP contribution in [0.3, 0.4) is 0 Å². The van der Waals surface area contributed by atoms with Crippen molar-refractivity contribution in [2.45, 2.75) is 19.9 Å². The van der Waals surface area contributed by atoms with Crippen LogP contribution in [-0.2, 0) is 13.0 Å². The first-order valence-electron chi connectivity index (χ1n) is 9.62. The summed E-state index contributed by atoms with van der Waals surface area (Å²) in [6.45, 7) is 1.54. The van der Waals surface area contributed by atoms with Crippen molar-refractivity contribution in [3.05, 3.63) is 101 Å². The fourth-order valence-corrected chi connectivity index (χ4v) is 3.23. The molecule has 1 heterocycles. The highest BCUT2D eigenvalue weighted by molar-refractivity contribution is 5.88. The molecule has 0 radical (unpaired) electrons. The summed E-state index contributed by atoms with van der Waals surface area (Å²) in [5.41, 5.74) is -1.01. The van der Waals surface area contributed by atoms with Gasteiger partial charge in [-0.3, -0.25) is 29.6 Å². The van der Waals surface area contributed by atoms with E-state index in [1.165, 1.54) is 6.92 Å². The van der Waals surface area contributed by atoms with Gasteiger partial charge < -0.3 is 5.11 Å². The van der Waals surface area contributed by atoms with Crippen molar-refractivity contribution in [3.8, 4) is 11.9 Å². The van der Waals surface area contributed by atoms with Crippen LogP contribution < -0.4 is 5.56 Å². The van der Waals surface area contributed by atoms with E-state index in [1.54, 1.807) is 0 Å². The molecule has 0 aliphatic carbocycles. The van der Waals surface area contributed by atoms with Gasteiger partial charge in [0, 0.05) is 18.8 Å². The van der Waals surface area contributed by atoms with E-state index in [2.05, 4.69) is 4.99 Å². The number of rotatable bonds is 7. The van der Waals surface area contributed by atoms with Crippen LogP contribution in [0.25, 0.3) is 0 Å². The number of non-ortho nitro benzene ring substituents is 1. The second-order valence-corrected chi connectivity index (χ2v) is 6.99. The summed E-state index contributed by atoms with van der Waals surface area (Å²) in [7, 11) is 0. The zero-order chi connectivity index (χ0) is 24.1. The number of hydrogen-bond acceptors (Lipinski definition) is 8. The lowest BCUT2D eigenvalue weighted by Crippen LogP contribution is -2.26. The van der Waals surface area contributed by atoms with Gasteiger partial charge in [-0.25, -0.2) is 4.99 Å². The van der Waals surface area contributed by atoms with Gasteiger partial charge in [-0.2, -0.15) is 5.26 Å². The minimum Gasteiger partial charge on any atom is -0.494 e. The number of pyridine rings is 1. The third kappa shape index (κ3) is 4.75. The van der Waals surface area contributed by atoms with Gasteiger partial charge in [-0.05, 0) is 30.5 Å². The number of aryl methyl sites for hydroxylation is 1. The Labute approximate surface area is 186 Å². The van der Waals surface area contributed by atoms with Gasteiger partial charge in [0.15, 0.2) is 0 Å².